The van der Waals surface area contributed by atoms with E-state index in [1.54, 1.807) is 0 Å². The van der Waals surface area contributed by atoms with E-state index < -0.39 is 0 Å². The maximum Gasteiger partial charge on any atom is 0.0682 e. The van der Waals surface area contributed by atoms with Crippen LogP contribution in [0.3, 0.4) is 0 Å². The smallest absolute Gasteiger partial charge is 0.0682 e. The zero-order valence-corrected chi connectivity index (χ0v) is 7.46. The van der Waals surface area contributed by atoms with Gasteiger partial charge in [0.05, 0.1) is 6.61 Å². The van der Waals surface area contributed by atoms with Crippen molar-refractivity contribution in [3.05, 3.63) is 29.3 Å². The second kappa shape index (κ2) is 3.36. The molecule has 4 N–H and O–H groups in total. The Labute approximate surface area is 77.6 Å². The molecule has 0 aromatic heterocycles. The summed E-state index contributed by atoms with van der Waals surface area (Å²) in [5.74, 6) is 0. The topological polar surface area (TPSA) is 58.3 Å². The van der Waals surface area contributed by atoms with Gasteiger partial charge >= 0.3 is 0 Å². The lowest BCUT2D eigenvalue weighted by molar-refractivity contribution is 0.282. The Morgan fingerprint density at radius 2 is 2.38 bits per heavy atom. The van der Waals surface area contributed by atoms with E-state index in [-0.39, 0.29) is 12.6 Å². The zero-order valence-electron chi connectivity index (χ0n) is 7.46. The van der Waals surface area contributed by atoms with Crippen LogP contribution in [0.5, 0.6) is 0 Å². The fourth-order valence-corrected chi connectivity index (χ4v) is 1.66. The predicted molar refractivity (Wildman–Crippen MR) is 52.5 cm³/mol. The van der Waals surface area contributed by atoms with Crippen molar-refractivity contribution in [3.8, 4) is 0 Å². The first-order valence-electron chi connectivity index (χ1n) is 4.51. The molecule has 1 atom stereocenters. The van der Waals surface area contributed by atoms with Crippen LogP contribution in [0, 0.1) is 0 Å². The van der Waals surface area contributed by atoms with Crippen LogP contribution in [-0.4, -0.2) is 17.7 Å². The average Bonchev–Trinajstić information content (AvgIpc) is 2.17. The number of hydrogen-bond donors (Lipinski definition) is 3. The molecule has 0 spiro atoms. The molecule has 3 nitrogen and oxygen atoms in total. The Morgan fingerprint density at radius 1 is 1.54 bits per heavy atom. The van der Waals surface area contributed by atoms with E-state index in [2.05, 4.69) is 5.32 Å². The van der Waals surface area contributed by atoms with Crippen LogP contribution < -0.4 is 11.1 Å². The third-order valence-corrected chi connectivity index (χ3v) is 2.39. The van der Waals surface area contributed by atoms with Gasteiger partial charge in [-0.3, -0.25) is 0 Å². The second-order valence-corrected chi connectivity index (χ2v) is 3.49. The quantitative estimate of drug-likeness (QED) is 0.586. The fraction of sp³-hybridized carbons (Fsp3) is 0.400. The molecule has 0 saturated carbocycles. The van der Waals surface area contributed by atoms with Crippen molar-refractivity contribution in [3.63, 3.8) is 0 Å². The van der Waals surface area contributed by atoms with Crippen LogP contribution >= 0.6 is 0 Å². The lowest BCUT2D eigenvalue weighted by Gasteiger charge is -2.23. The van der Waals surface area contributed by atoms with Crippen LogP contribution in [0.1, 0.15) is 11.1 Å². The summed E-state index contributed by atoms with van der Waals surface area (Å²) in [6.45, 7) is 0.920. The highest BCUT2D eigenvalue weighted by molar-refractivity contribution is 5.55. The van der Waals surface area contributed by atoms with Crippen molar-refractivity contribution in [1.82, 2.24) is 0 Å². The minimum absolute atomic E-state index is 0.0982. The first-order chi connectivity index (χ1) is 6.29. The molecule has 13 heavy (non-hydrogen) atoms. The highest BCUT2D eigenvalue weighted by Gasteiger charge is 2.14. The van der Waals surface area contributed by atoms with E-state index in [0.717, 1.165) is 24.2 Å². The number of hydrogen-bond acceptors (Lipinski definition) is 3. The van der Waals surface area contributed by atoms with Gasteiger partial charge in [0, 0.05) is 18.3 Å². The van der Waals surface area contributed by atoms with Crippen molar-refractivity contribution in [2.45, 2.75) is 19.1 Å². The molecular weight excluding hydrogens is 164 g/mol. The van der Waals surface area contributed by atoms with Crippen molar-refractivity contribution in [2.24, 2.45) is 5.73 Å². The highest BCUT2D eigenvalue weighted by atomic mass is 16.3. The molecule has 3 heteroatoms. The minimum Gasteiger partial charge on any atom is -0.392 e. The third-order valence-electron chi connectivity index (χ3n) is 2.39. The number of rotatable bonds is 1. The van der Waals surface area contributed by atoms with E-state index >= 15 is 0 Å². The largest absolute Gasteiger partial charge is 0.392 e. The zero-order chi connectivity index (χ0) is 9.26. The van der Waals surface area contributed by atoms with E-state index in [0.29, 0.717) is 0 Å². The second-order valence-electron chi connectivity index (χ2n) is 3.49. The maximum absolute atomic E-state index is 8.94. The standard InChI is InChI=1S/C10H14N2O/c11-9-4-8-2-1-7(6-13)3-10(8)12-5-9/h1-3,9,12-13H,4-6,11H2/t9-/m0/s1. The van der Waals surface area contributed by atoms with Crippen LogP contribution in [0.25, 0.3) is 0 Å². The van der Waals surface area contributed by atoms with Gasteiger partial charge in [-0.1, -0.05) is 12.1 Å². The highest BCUT2D eigenvalue weighted by Crippen LogP contribution is 2.22. The molecule has 0 fully saturated rings. The summed E-state index contributed by atoms with van der Waals surface area (Å²) in [7, 11) is 0. The molecular formula is C10H14N2O. The lowest BCUT2D eigenvalue weighted by Crippen LogP contribution is -2.35. The fourth-order valence-electron chi connectivity index (χ4n) is 1.66. The molecule has 1 aliphatic rings. The molecule has 0 saturated heterocycles. The van der Waals surface area contributed by atoms with Gasteiger partial charge in [0.2, 0.25) is 0 Å². The van der Waals surface area contributed by atoms with Gasteiger partial charge < -0.3 is 16.2 Å². The molecule has 1 aromatic rings. The Balaban J connectivity index is 2.31. The molecule has 0 unspecified atom stereocenters. The molecule has 70 valence electrons. The molecule has 1 aromatic carbocycles. The first kappa shape index (κ1) is 8.53. The monoisotopic (exact) mass is 178 g/mol. The van der Waals surface area contributed by atoms with Crippen LogP contribution in [0.15, 0.2) is 18.2 Å². The minimum atomic E-state index is 0.0982. The summed E-state index contributed by atoms with van der Waals surface area (Å²) >= 11 is 0. The van der Waals surface area contributed by atoms with E-state index in [4.69, 9.17) is 10.8 Å². The predicted octanol–water partition coefficient (Wildman–Crippen LogP) is 0.474. The maximum atomic E-state index is 8.94. The van der Waals surface area contributed by atoms with Crippen molar-refractivity contribution >= 4 is 5.69 Å². The van der Waals surface area contributed by atoms with Gasteiger partial charge in [-0.15, -0.1) is 0 Å². The Bertz CT molecular complexity index is 312. The van der Waals surface area contributed by atoms with Crippen molar-refractivity contribution in [2.75, 3.05) is 11.9 Å². The summed E-state index contributed by atoms with van der Waals surface area (Å²) in [4.78, 5) is 0. The Morgan fingerprint density at radius 3 is 3.15 bits per heavy atom. The number of anilines is 1. The van der Waals surface area contributed by atoms with E-state index in [9.17, 15) is 0 Å². The molecule has 2 rings (SSSR count). The lowest BCUT2D eigenvalue weighted by atomic mass is 9.99. The summed E-state index contributed by atoms with van der Waals surface area (Å²) < 4.78 is 0. The van der Waals surface area contributed by atoms with Gasteiger partial charge in [0.15, 0.2) is 0 Å². The first-order valence-corrected chi connectivity index (χ1v) is 4.51. The van der Waals surface area contributed by atoms with E-state index in [1.165, 1.54) is 5.56 Å². The number of aliphatic hydroxyl groups excluding tert-OH is 1. The van der Waals surface area contributed by atoms with Gasteiger partial charge in [-0.2, -0.15) is 0 Å². The number of nitrogens with two attached hydrogens (primary N) is 1. The summed E-state index contributed by atoms with van der Waals surface area (Å²) in [6, 6.07) is 6.18. The summed E-state index contributed by atoms with van der Waals surface area (Å²) in [6.07, 6.45) is 0.925. The number of aliphatic hydroxyl groups is 1. The van der Waals surface area contributed by atoms with Crippen molar-refractivity contribution in [1.29, 1.82) is 0 Å². The van der Waals surface area contributed by atoms with Gasteiger partial charge in [0.25, 0.3) is 0 Å². The molecule has 0 radical (unpaired) electrons. The van der Waals surface area contributed by atoms with Gasteiger partial charge in [-0.25, -0.2) is 0 Å². The molecule has 0 amide bonds. The Kier molecular flexibility index (Phi) is 2.20. The Hall–Kier alpha value is -1.06. The van der Waals surface area contributed by atoms with Crippen LogP contribution in [-0.2, 0) is 13.0 Å². The third kappa shape index (κ3) is 1.66. The average molecular weight is 178 g/mol. The van der Waals surface area contributed by atoms with Crippen LogP contribution in [0.4, 0.5) is 5.69 Å². The van der Waals surface area contributed by atoms with Gasteiger partial charge in [0.1, 0.15) is 0 Å². The molecule has 1 heterocycles. The summed E-state index contributed by atoms with van der Waals surface area (Å²) in [5.41, 5.74) is 9.12. The van der Waals surface area contributed by atoms with Gasteiger partial charge in [-0.05, 0) is 23.6 Å². The molecule has 1 aliphatic heterocycles. The number of nitrogens with one attached hydrogen (secondary N) is 1. The van der Waals surface area contributed by atoms with Crippen LogP contribution in [0.2, 0.25) is 0 Å². The SMILES string of the molecule is N[C@@H]1CNc2cc(CO)ccc2C1. The number of benzene rings is 1. The van der Waals surface area contributed by atoms with E-state index in [1.807, 2.05) is 18.2 Å². The normalized spacial score (nSPS) is 20.6. The molecule has 0 bridgehead atoms. The number of fused-ring (bicyclic) bond motifs is 1. The summed E-state index contributed by atoms with van der Waals surface area (Å²) in [5, 5.41) is 12.2. The van der Waals surface area contributed by atoms with Crippen molar-refractivity contribution < 1.29 is 5.11 Å². The molecule has 0 aliphatic carbocycles.